The number of rotatable bonds is 8. The molecule has 0 heterocycles. The predicted molar refractivity (Wildman–Crippen MR) is 63.6 cm³/mol. The summed E-state index contributed by atoms with van der Waals surface area (Å²) in [6.07, 6.45) is 1.81. The van der Waals surface area contributed by atoms with Crippen molar-refractivity contribution in [2.75, 3.05) is 33.2 Å². The highest BCUT2D eigenvalue weighted by atomic mass is 16.2. The Bertz CT molecular complexity index is 204. The van der Waals surface area contributed by atoms with E-state index in [1.165, 1.54) is 0 Å². The Balaban J connectivity index is 4.20. The van der Waals surface area contributed by atoms with Crippen LogP contribution in [-0.4, -0.2) is 44.0 Å². The maximum absolute atomic E-state index is 11.9. The van der Waals surface area contributed by atoms with Crippen LogP contribution in [0.25, 0.3) is 0 Å². The Kier molecular flexibility index (Phi) is 7.95. The van der Waals surface area contributed by atoms with E-state index in [4.69, 9.17) is 5.73 Å². The van der Waals surface area contributed by atoms with Gasteiger partial charge in [0.1, 0.15) is 0 Å². The van der Waals surface area contributed by atoms with Gasteiger partial charge in [-0.3, -0.25) is 4.79 Å². The van der Waals surface area contributed by atoms with Crippen LogP contribution in [0.1, 0.15) is 19.8 Å². The average Bonchev–Trinajstić information content (AvgIpc) is 2.23. The molecule has 0 aromatic heterocycles. The van der Waals surface area contributed by atoms with Gasteiger partial charge < -0.3 is 16.0 Å². The van der Waals surface area contributed by atoms with Crippen molar-refractivity contribution < 1.29 is 4.79 Å². The van der Waals surface area contributed by atoms with Crippen LogP contribution in [0, 0.1) is 0 Å². The second-order valence-electron chi connectivity index (χ2n) is 3.57. The highest BCUT2D eigenvalue weighted by Gasteiger charge is 2.14. The summed E-state index contributed by atoms with van der Waals surface area (Å²) in [5, 5.41) is 2.93. The number of carbonyl (C=O) groups is 1. The molecule has 0 rings (SSSR count). The Morgan fingerprint density at radius 2 is 2.13 bits per heavy atom. The minimum Gasteiger partial charge on any atom is -0.339 e. The summed E-state index contributed by atoms with van der Waals surface area (Å²) < 4.78 is 0. The molecule has 0 saturated carbocycles. The first kappa shape index (κ1) is 14.1. The first-order valence-corrected chi connectivity index (χ1v) is 5.49. The Labute approximate surface area is 92.5 Å². The van der Waals surface area contributed by atoms with E-state index in [-0.39, 0.29) is 5.91 Å². The number of nitrogens with one attached hydrogen (secondary N) is 1. The number of hydrogen-bond donors (Lipinski definition) is 2. The lowest BCUT2D eigenvalue weighted by atomic mass is 10.2. The highest BCUT2D eigenvalue weighted by molar-refractivity contribution is 5.93. The third-order valence-electron chi connectivity index (χ3n) is 2.11. The molecule has 0 aliphatic rings. The maximum Gasteiger partial charge on any atom is 0.250 e. The Morgan fingerprint density at radius 1 is 1.47 bits per heavy atom. The summed E-state index contributed by atoms with van der Waals surface area (Å²) >= 11 is 0. The number of likely N-dealkylation sites (N-methyl/N-ethyl adjacent to an activating group) is 1. The van der Waals surface area contributed by atoms with E-state index in [0.29, 0.717) is 18.7 Å². The summed E-state index contributed by atoms with van der Waals surface area (Å²) in [6.45, 7) is 8.50. The molecule has 0 atom stereocenters. The van der Waals surface area contributed by atoms with Gasteiger partial charge in [-0.25, -0.2) is 0 Å². The third kappa shape index (κ3) is 5.54. The van der Waals surface area contributed by atoms with Crippen molar-refractivity contribution in [2.24, 2.45) is 5.73 Å². The zero-order chi connectivity index (χ0) is 11.7. The fourth-order valence-corrected chi connectivity index (χ4v) is 1.38. The Morgan fingerprint density at radius 3 is 2.60 bits per heavy atom. The van der Waals surface area contributed by atoms with E-state index in [1.807, 2.05) is 11.9 Å². The summed E-state index contributed by atoms with van der Waals surface area (Å²) in [6, 6.07) is 0. The summed E-state index contributed by atoms with van der Waals surface area (Å²) in [5.41, 5.74) is 6.05. The topological polar surface area (TPSA) is 58.4 Å². The first-order chi connectivity index (χ1) is 7.17. The molecular formula is C11H23N3O. The Hall–Kier alpha value is -0.870. The minimum absolute atomic E-state index is 0.0413. The van der Waals surface area contributed by atoms with Crippen LogP contribution in [0.5, 0.6) is 0 Å². The van der Waals surface area contributed by atoms with Gasteiger partial charge in [0.2, 0.25) is 5.91 Å². The van der Waals surface area contributed by atoms with E-state index in [2.05, 4.69) is 18.8 Å². The van der Waals surface area contributed by atoms with Gasteiger partial charge in [-0.15, -0.1) is 0 Å². The molecule has 0 unspecified atom stereocenters. The first-order valence-electron chi connectivity index (χ1n) is 5.49. The number of nitrogens with two attached hydrogens (primary N) is 1. The van der Waals surface area contributed by atoms with Crippen LogP contribution in [-0.2, 0) is 4.79 Å². The van der Waals surface area contributed by atoms with E-state index < -0.39 is 0 Å². The predicted octanol–water partition coefficient (Wildman–Crippen LogP) is 0.349. The molecule has 4 heteroatoms. The number of carbonyl (C=O) groups excluding carboxylic acids is 1. The second-order valence-corrected chi connectivity index (χ2v) is 3.57. The van der Waals surface area contributed by atoms with Gasteiger partial charge in [0.05, 0.1) is 0 Å². The molecule has 15 heavy (non-hydrogen) atoms. The van der Waals surface area contributed by atoms with Gasteiger partial charge in [0, 0.05) is 25.2 Å². The van der Waals surface area contributed by atoms with Gasteiger partial charge >= 0.3 is 0 Å². The molecule has 88 valence electrons. The van der Waals surface area contributed by atoms with E-state index in [1.54, 1.807) is 0 Å². The SMILES string of the molecule is C=C(CNC)C(=O)N(CCC)CCCN. The minimum atomic E-state index is 0.0413. The van der Waals surface area contributed by atoms with Crippen LogP contribution >= 0.6 is 0 Å². The quantitative estimate of drug-likeness (QED) is 0.572. The highest BCUT2D eigenvalue weighted by Crippen LogP contribution is 2.01. The molecule has 3 N–H and O–H groups in total. The molecule has 4 nitrogen and oxygen atoms in total. The van der Waals surface area contributed by atoms with Crippen molar-refractivity contribution in [1.29, 1.82) is 0 Å². The maximum atomic E-state index is 11.9. The smallest absolute Gasteiger partial charge is 0.250 e. The lowest BCUT2D eigenvalue weighted by Gasteiger charge is -2.22. The third-order valence-corrected chi connectivity index (χ3v) is 2.11. The van der Waals surface area contributed by atoms with E-state index >= 15 is 0 Å². The van der Waals surface area contributed by atoms with Crippen molar-refractivity contribution in [2.45, 2.75) is 19.8 Å². The lowest BCUT2D eigenvalue weighted by Crippen LogP contribution is -2.36. The van der Waals surface area contributed by atoms with Gasteiger partial charge in [0.15, 0.2) is 0 Å². The van der Waals surface area contributed by atoms with Gasteiger partial charge in [-0.05, 0) is 26.4 Å². The molecule has 0 aliphatic carbocycles. The van der Waals surface area contributed by atoms with Crippen molar-refractivity contribution in [3.8, 4) is 0 Å². The number of amides is 1. The van der Waals surface area contributed by atoms with Crippen molar-refractivity contribution in [3.05, 3.63) is 12.2 Å². The normalized spacial score (nSPS) is 10.1. The lowest BCUT2D eigenvalue weighted by molar-refractivity contribution is -0.127. The molecule has 0 spiro atoms. The number of hydrogen-bond acceptors (Lipinski definition) is 3. The summed E-state index contributed by atoms with van der Waals surface area (Å²) in [5.74, 6) is 0.0413. The summed E-state index contributed by atoms with van der Waals surface area (Å²) in [7, 11) is 1.81. The molecule has 1 amide bonds. The van der Waals surface area contributed by atoms with Crippen molar-refractivity contribution in [3.63, 3.8) is 0 Å². The molecule has 0 aliphatic heterocycles. The molecular weight excluding hydrogens is 190 g/mol. The van der Waals surface area contributed by atoms with Crippen LogP contribution < -0.4 is 11.1 Å². The fraction of sp³-hybridized carbons (Fsp3) is 0.727. The largest absolute Gasteiger partial charge is 0.339 e. The van der Waals surface area contributed by atoms with Gasteiger partial charge in [-0.1, -0.05) is 13.5 Å². The van der Waals surface area contributed by atoms with Crippen molar-refractivity contribution >= 4 is 5.91 Å². The van der Waals surface area contributed by atoms with Crippen molar-refractivity contribution in [1.82, 2.24) is 10.2 Å². The average molecular weight is 213 g/mol. The zero-order valence-electron chi connectivity index (χ0n) is 9.88. The molecule has 0 radical (unpaired) electrons. The van der Waals surface area contributed by atoms with Gasteiger partial charge in [0.25, 0.3) is 0 Å². The van der Waals surface area contributed by atoms with Crippen LogP contribution in [0.4, 0.5) is 0 Å². The molecule has 0 saturated heterocycles. The second kappa shape index (κ2) is 8.44. The van der Waals surface area contributed by atoms with Crippen LogP contribution in [0.15, 0.2) is 12.2 Å². The monoisotopic (exact) mass is 213 g/mol. The van der Waals surface area contributed by atoms with Crippen LogP contribution in [0.3, 0.4) is 0 Å². The summed E-state index contributed by atoms with van der Waals surface area (Å²) in [4.78, 5) is 13.7. The zero-order valence-corrected chi connectivity index (χ0v) is 9.88. The van der Waals surface area contributed by atoms with E-state index in [0.717, 1.165) is 25.9 Å². The molecule has 0 fully saturated rings. The van der Waals surface area contributed by atoms with Gasteiger partial charge in [-0.2, -0.15) is 0 Å². The standard InChI is InChI=1S/C11H23N3O/c1-4-7-14(8-5-6-12)11(15)10(2)9-13-3/h13H,2,4-9,12H2,1,3H3. The number of nitrogens with zero attached hydrogens (tertiary/aromatic N) is 1. The molecule has 0 aromatic rings. The molecule has 0 bridgehead atoms. The van der Waals surface area contributed by atoms with Crippen LogP contribution in [0.2, 0.25) is 0 Å². The van der Waals surface area contributed by atoms with E-state index in [9.17, 15) is 4.79 Å². The molecule has 0 aromatic carbocycles. The fourth-order valence-electron chi connectivity index (χ4n) is 1.38.